The van der Waals surface area contributed by atoms with Gasteiger partial charge in [0, 0.05) is 50.0 Å². The Kier molecular flexibility index (Phi) is 8.59. The fourth-order valence-corrected chi connectivity index (χ4v) is 11.9. The van der Waals surface area contributed by atoms with Gasteiger partial charge in [0.1, 0.15) is 5.75 Å². The number of carbonyl (C=O) groups is 2. The van der Waals surface area contributed by atoms with Crippen molar-refractivity contribution in [3.05, 3.63) is 59.9 Å². The summed E-state index contributed by atoms with van der Waals surface area (Å²) >= 11 is 0. The number of ether oxygens (including phenoxy) is 2. The number of methoxy groups -OCH3 is 1. The Morgan fingerprint density at radius 3 is 2.71 bits per heavy atom. The van der Waals surface area contributed by atoms with Crippen LogP contribution in [0.1, 0.15) is 37.4 Å². The maximum Gasteiger partial charge on any atom is 0.264 e. The van der Waals surface area contributed by atoms with E-state index in [4.69, 9.17) is 9.47 Å². The Morgan fingerprint density at radius 2 is 2.02 bits per heavy atom. The van der Waals surface area contributed by atoms with Gasteiger partial charge in [-0.3, -0.25) is 14.3 Å². The van der Waals surface area contributed by atoms with Gasteiger partial charge in [-0.05, 0) is 61.7 Å². The van der Waals surface area contributed by atoms with Crippen LogP contribution < -0.4 is 25.5 Å². The van der Waals surface area contributed by atoms with Gasteiger partial charge in [0.15, 0.2) is 5.60 Å². The van der Waals surface area contributed by atoms with Crippen LogP contribution in [0.5, 0.6) is 5.75 Å². The van der Waals surface area contributed by atoms with E-state index in [1.54, 1.807) is 23.7 Å². The standard InChI is InChI=1S/C33H44N6O5Si/c1-21-30(45(4,5)25-11-9-24(43-3)10-12-25)29(14-17-39-20-23(15-18-40)36-37-39)44-33(21)26-19-22(8-13-28(26)38(2)32(33)42)35-31(41)27-7-6-16-34-27/h8-13,19-21,27,29-30,34,40H,6-7,14-18H2,1-5H3,(H,35,41)/t21-,27+,29+,30-,33+/m0/s1. The first-order chi connectivity index (χ1) is 21.6. The lowest BCUT2D eigenvalue weighted by molar-refractivity contribution is -0.145. The predicted octanol–water partition coefficient (Wildman–Crippen LogP) is 2.79. The SMILES string of the molecule is COc1ccc([Si](C)(C)[C@@H]2[C@@H](CCn3cc(CCO)nn3)O[C@]3(C(=O)N(C)c4ccc(NC(=O)[C@H]5CCCN5)cc43)[C@H]2C)cc1. The van der Waals surface area contributed by atoms with Crippen LogP contribution in [-0.2, 0) is 32.9 Å². The number of hydrogen-bond donors (Lipinski definition) is 3. The Balaban J connectivity index is 1.37. The van der Waals surface area contributed by atoms with E-state index in [0.29, 0.717) is 25.1 Å². The monoisotopic (exact) mass is 632 g/mol. The number of aryl methyl sites for hydroxylation is 1. The van der Waals surface area contributed by atoms with Gasteiger partial charge in [-0.1, -0.05) is 42.6 Å². The van der Waals surface area contributed by atoms with E-state index in [0.717, 1.165) is 42.1 Å². The molecular formula is C33H44N6O5Si. The van der Waals surface area contributed by atoms with Gasteiger partial charge in [-0.15, -0.1) is 5.10 Å². The van der Waals surface area contributed by atoms with E-state index in [9.17, 15) is 14.7 Å². The topological polar surface area (TPSA) is 131 Å². The maximum atomic E-state index is 14.4. The Morgan fingerprint density at radius 1 is 1.24 bits per heavy atom. The molecule has 3 aliphatic heterocycles. The summed E-state index contributed by atoms with van der Waals surface area (Å²) in [5, 5.41) is 25.4. The molecule has 240 valence electrons. The molecule has 0 unspecified atom stereocenters. The minimum absolute atomic E-state index is 0.0167. The average molecular weight is 633 g/mol. The molecule has 45 heavy (non-hydrogen) atoms. The summed E-state index contributed by atoms with van der Waals surface area (Å²) < 4.78 is 14.4. The second-order valence-corrected chi connectivity index (χ2v) is 17.8. The normalized spacial score (nSPS) is 26.1. The van der Waals surface area contributed by atoms with E-state index in [1.807, 2.05) is 36.5 Å². The second-order valence-electron chi connectivity index (χ2n) is 13.1. The molecular weight excluding hydrogens is 588 g/mol. The molecule has 2 saturated heterocycles. The molecule has 3 aromatic rings. The number of aromatic nitrogens is 3. The van der Waals surface area contributed by atoms with Crippen LogP contribution in [-0.4, -0.2) is 79.4 Å². The zero-order valence-electron chi connectivity index (χ0n) is 26.7. The van der Waals surface area contributed by atoms with Crippen LogP contribution >= 0.6 is 0 Å². The van der Waals surface area contributed by atoms with Gasteiger partial charge in [0.05, 0.1) is 38.7 Å². The highest BCUT2D eigenvalue weighted by Gasteiger charge is 2.65. The molecule has 3 aliphatic rings. The van der Waals surface area contributed by atoms with Crippen LogP contribution in [0.2, 0.25) is 18.6 Å². The summed E-state index contributed by atoms with van der Waals surface area (Å²) in [6, 6.07) is 13.8. The van der Waals surface area contributed by atoms with Crippen LogP contribution in [0.25, 0.3) is 0 Å². The summed E-state index contributed by atoms with van der Waals surface area (Å²) in [6.07, 6.45) is 4.50. The van der Waals surface area contributed by atoms with Crippen molar-refractivity contribution < 1.29 is 24.2 Å². The number of anilines is 2. The van der Waals surface area contributed by atoms with Gasteiger partial charge in [0.25, 0.3) is 5.91 Å². The number of nitrogens with one attached hydrogen (secondary N) is 2. The minimum atomic E-state index is -2.29. The number of aliphatic hydroxyl groups excluding tert-OH is 1. The summed E-state index contributed by atoms with van der Waals surface area (Å²) in [5.41, 5.74) is 1.90. The van der Waals surface area contributed by atoms with Gasteiger partial charge >= 0.3 is 0 Å². The molecule has 1 aromatic heterocycles. The van der Waals surface area contributed by atoms with Crippen LogP contribution in [0.3, 0.4) is 0 Å². The van der Waals surface area contributed by atoms with E-state index in [-0.39, 0.29) is 42.0 Å². The second kappa shape index (κ2) is 12.3. The first-order valence-electron chi connectivity index (χ1n) is 15.9. The third kappa shape index (κ3) is 5.47. The van der Waals surface area contributed by atoms with E-state index < -0.39 is 13.7 Å². The minimum Gasteiger partial charge on any atom is -0.497 e. The molecule has 0 saturated carbocycles. The maximum absolute atomic E-state index is 14.4. The van der Waals surface area contributed by atoms with Gasteiger partial charge in [-0.25, -0.2) is 0 Å². The first-order valence-corrected chi connectivity index (χ1v) is 19.0. The molecule has 11 nitrogen and oxygen atoms in total. The van der Waals surface area contributed by atoms with Crippen LogP contribution in [0.15, 0.2) is 48.7 Å². The number of rotatable bonds is 10. The summed E-state index contributed by atoms with van der Waals surface area (Å²) in [5.74, 6) is 0.521. The highest BCUT2D eigenvalue weighted by Crippen LogP contribution is 2.60. The lowest BCUT2D eigenvalue weighted by atomic mass is 9.82. The van der Waals surface area contributed by atoms with Crippen molar-refractivity contribution in [2.45, 2.75) is 75.5 Å². The summed E-state index contributed by atoms with van der Waals surface area (Å²) in [7, 11) is 1.19. The highest BCUT2D eigenvalue weighted by molar-refractivity contribution is 6.91. The first kappa shape index (κ1) is 31.4. The highest BCUT2D eigenvalue weighted by atomic mass is 28.3. The quantitative estimate of drug-likeness (QED) is 0.291. The molecule has 0 radical (unpaired) electrons. The third-order valence-corrected chi connectivity index (χ3v) is 14.6. The number of benzene rings is 2. The molecule has 5 atom stereocenters. The molecule has 0 bridgehead atoms. The Labute approximate surface area is 265 Å². The van der Waals surface area contributed by atoms with Gasteiger partial charge in [0.2, 0.25) is 5.91 Å². The van der Waals surface area contributed by atoms with Crippen molar-refractivity contribution in [1.82, 2.24) is 20.3 Å². The summed E-state index contributed by atoms with van der Waals surface area (Å²) in [4.78, 5) is 29.1. The number of likely N-dealkylation sites (N-methyl/N-ethyl adjacent to an activating group) is 1. The smallest absolute Gasteiger partial charge is 0.264 e. The zero-order valence-corrected chi connectivity index (χ0v) is 27.7. The van der Waals surface area contributed by atoms with E-state index in [1.165, 1.54) is 5.19 Å². The number of nitrogens with zero attached hydrogens (tertiary/aromatic N) is 4. The lowest BCUT2D eigenvalue weighted by Gasteiger charge is -2.37. The number of aliphatic hydroxyl groups is 1. The molecule has 3 N–H and O–H groups in total. The fourth-order valence-electron chi connectivity index (χ4n) is 7.84. The predicted molar refractivity (Wildman–Crippen MR) is 175 cm³/mol. The van der Waals surface area contributed by atoms with Crippen molar-refractivity contribution in [3.63, 3.8) is 0 Å². The third-order valence-electron chi connectivity index (χ3n) is 10.2. The molecule has 4 heterocycles. The number of amides is 2. The van der Waals surface area contributed by atoms with Crippen molar-refractivity contribution >= 4 is 36.4 Å². The number of fused-ring (bicyclic) bond motifs is 2. The fraction of sp³-hybridized carbons (Fsp3) is 0.515. The Hall–Kier alpha value is -3.58. The number of carbonyl (C=O) groups excluding carboxylic acids is 2. The molecule has 0 aliphatic carbocycles. The molecule has 2 amide bonds. The molecule has 2 fully saturated rings. The van der Waals surface area contributed by atoms with Crippen LogP contribution in [0.4, 0.5) is 11.4 Å². The molecule has 2 aromatic carbocycles. The van der Waals surface area contributed by atoms with Crippen molar-refractivity contribution in [3.8, 4) is 5.75 Å². The van der Waals surface area contributed by atoms with Crippen molar-refractivity contribution in [1.29, 1.82) is 0 Å². The van der Waals surface area contributed by atoms with E-state index in [2.05, 4.69) is 53.1 Å². The lowest BCUT2D eigenvalue weighted by Crippen LogP contribution is -2.51. The molecule has 1 spiro atoms. The van der Waals surface area contributed by atoms with Crippen molar-refractivity contribution in [2.24, 2.45) is 5.92 Å². The number of hydrogen-bond acceptors (Lipinski definition) is 8. The van der Waals surface area contributed by atoms with Crippen molar-refractivity contribution in [2.75, 3.05) is 37.5 Å². The summed E-state index contributed by atoms with van der Waals surface area (Å²) in [6.45, 7) is 8.29. The van der Waals surface area contributed by atoms with Crippen LogP contribution in [0, 0.1) is 5.92 Å². The van der Waals surface area contributed by atoms with Gasteiger partial charge < -0.3 is 30.1 Å². The zero-order chi connectivity index (χ0) is 31.9. The molecule has 6 rings (SSSR count). The largest absolute Gasteiger partial charge is 0.497 e. The Bertz CT molecular complexity index is 1560. The average Bonchev–Trinajstić information content (AvgIpc) is 3.82. The molecule has 12 heteroatoms. The van der Waals surface area contributed by atoms with E-state index >= 15 is 0 Å². The van der Waals surface area contributed by atoms with Gasteiger partial charge in [-0.2, -0.15) is 0 Å².